The molecule has 5 rings (SSSR count). The van der Waals surface area contributed by atoms with Crippen LogP contribution in [0.15, 0.2) is 97.1 Å². The quantitative estimate of drug-likeness (QED) is 0.192. The topological polar surface area (TPSA) is 9.86 Å². The summed E-state index contributed by atoms with van der Waals surface area (Å²) in [6.07, 6.45) is 0. The van der Waals surface area contributed by atoms with Crippen LogP contribution in [0.2, 0.25) is 0 Å². The van der Waals surface area contributed by atoms with Crippen molar-refractivity contribution in [2.75, 3.05) is 0 Å². The van der Waals surface area contributed by atoms with Crippen molar-refractivity contribution in [3.8, 4) is 44.8 Å². The Balaban J connectivity index is 1.60. The van der Waals surface area contributed by atoms with E-state index in [4.69, 9.17) is 0 Å². The van der Waals surface area contributed by atoms with Crippen LogP contribution in [0.4, 0.5) is 8.78 Å². The molecule has 36 heavy (non-hydrogen) atoms. The van der Waals surface area contributed by atoms with Gasteiger partial charge in [-0.15, -0.1) is 0 Å². The summed E-state index contributed by atoms with van der Waals surface area (Å²) in [5.74, 6) is -0.468. The van der Waals surface area contributed by atoms with E-state index >= 15 is 0 Å². The first-order valence-electron chi connectivity index (χ1n) is 12.1. The van der Waals surface area contributed by atoms with Crippen LogP contribution in [0, 0.1) is 16.0 Å². The Morgan fingerprint density at radius 2 is 0.722 bits per heavy atom. The van der Waals surface area contributed by atoms with Gasteiger partial charge >= 0.3 is 218 Å². The monoisotopic (exact) mass is 544 g/mol. The summed E-state index contributed by atoms with van der Waals surface area (Å²) in [6, 6.07) is 30.1. The molecule has 0 unspecified atom stereocenters. The number of imidazole rings is 1. The Morgan fingerprint density at radius 3 is 1.00 bits per heavy atom. The van der Waals surface area contributed by atoms with Crippen LogP contribution in [0.25, 0.3) is 44.8 Å². The third kappa shape index (κ3) is 4.53. The molecule has 1 heterocycles. The molecule has 0 spiro atoms. The minimum absolute atomic E-state index is 0.234. The van der Waals surface area contributed by atoms with Gasteiger partial charge in [0.15, 0.2) is 0 Å². The van der Waals surface area contributed by atoms with Gasteiger partial charge in [-0.05, 0) is 0 Å². The summed E-state index contributed by atoms with van der Waals surface area (Å²) in [7, 11) is 0. The SMILES string of the molecule is CCn1c(-c2ccc(-c3ccc(F)cc3)cc2)c(-c2ccc(-c3ccc(F)cc3)cc2)n(CC)c1=[Se]. The van der Waals surface area contributed by atoms with Crippen molar-refractivity contribution in [2.24, 2.45) is 0 Å². The molecule has 1 aromatic heterocycles. The van der Waals surface area contributed by atoms with Crippen molar-refractivity contribution >= 4 is 15.6 Å². The predicted molar refractivity (Wildman–Crippen MR) is 144 cm³/mol. The van der Waals surface area contributed by atoms with E-state index in [2.05, 4.69) is 87.1 Å². The summed E-state index contributed by atoms with van der Waals surface area (Å²) in [5.41, 5.74) is 8.59. The first kappa shape index (κ1) is 24.2. The molecule has 0 fully saturated rings. The van der Waals surface area contributed by atoms with Crippen molar-refractivity contribution in [3.63, 3.8) is 0 Å². The van der Waals surface area contributed by atoms with Crippen LogP contribution in [0.3, 0.4) is 0 Å². The number of rotatable bonds is 6. The van der Waals surface area contributed by atoms with Crippen molar-refractivity contribution in [1.82, 2.24) is 9.13 Å². The third-order valence-electron chi connectivity index (χ3n) is 6.53. The first-order valence-corrected chi connectivity index (χ1v) is 12.9. The number of aromatic nitrogens is 2. The summed E-state index contributed by atoms with van der Waals surface area (Å²) < 4.78 is 32.4. The molecular weight excluding hydrogens is 517 g/mol. The van der Waals surface area contributed by atoms with Gasteiger partial charge in [0.05, 0.1) is 0 Å². The molecule has 0 N–H and O–H groups in total. The average Bonchev–Trinajstić information content (AvgIpc) is 3.21. The Labute approximate surface area is 217 Å². The fraction of sp³-hybridized carbons (Fsp3) is 0.129. The molecule has 180 valence electrons. The van der Waals surface area contributed by atoms with E-state index in [9.17, 15) is 8.78 Å². The maximum atomic E-state index is 13.4. The Morgan fingerprint density at radius 1 is 0.472 bits per heavy atom. The van der Waals surface area contributed by atoms with Crippen molar-refractivity contribution in [3.05, 3.63) is 113 Å². The Bertz CT molecular complexity index is 1430. The van der Waals surface area contributed by atoms with E-state index in [1.807, 2.05) is 0 Å². The molecule has 0 amide bonds. The van der Waals surface area contributed by atoms with Gasteiger partial charge in [-0.2, -0.15) is 0 Å². The molecule has 0 atom stereocenters. The summed E-state index contributed by atoms with van der Waals surface area (Å²) >= 11 is 3.28. The second-order valence-corrected chi connectivity index (χ2v) is 9.40. The maximum absolute atomic E-state index is 13.4. The molecule has 5 aromatic rings. The van der Waals surface area contributed by atoms with E-state index in [0.717, 1.165) is 62.2 Å². The molecule has 4 aromatic carbocycles. The summed E-state index contributed by atoms with van der Waals surface area (Å²) in [6.45, 7) is 5.95. The van der Waals surface area contributed by atoms with Crippen LogP contribution >= 0.6 is 0 Å². The number of nitrogens with zero attached hydrogens (tertiary/aromatic N) is 2. The van der Waals surface area contributed by atoms with Crippen molar-refractivity contribution in [1.29, 1.82) is 0 Å². The van der Waals surface area contributed by atoms with Crippen molar-refractivity contribution < 1.29 is 8.78 Å². The van der Waals surface area contributed by atoms with Crippen LogP contribution in [0.1, 0.15) is 13.8 Å². The zero-order valence-corrected chi connectivity index (χ0v) is 21.9. The average molecular weight is 544 g/mol. The number of benzene rings is 4. The van der Waals surface area contributed by atoms with Gasteiger partial charge in [0.2, 0.25) is 0 Å². The first-order chi connectivity index (χ1) is 17.5. The molecular formula is C31H26F2N2Se. The fourth-order valence-corrected chi connectivity index (χ4v) is 5.62. The zero-order chi connectivity index (χ0) is 25.2. The third-order valence-corrected chi connectivity index (χ3v) is 7.45. The van der Waals surface area contributed by atoms with E-state index in [1.54, 1.807) is 24.3 Å². The van der Waals surface area contributed by atoms with Gasteiger partial charge in [-0.25, -0.2) is 0 Å². The van der Waals surface area contributed by atoms with Gasteiger partial charge in [0, 0.05) is 0 Å². The Kier molecular flexibility index (Phi) is 6.86. The molecule has 0 saturated heterocycles. The van der Waals surface area contributed by atoms with E-state index < -0.39 is 0 Å². The minimum atomic E-state index is -0.234. The second-order valence-electron chi connectivity index (χ2n) is 8.64. The van der Waals surface area contributed by atoms with Crippen molar-refractivity contribution in [2.45, 2.75) is 26.9 Å². The molecule has 0 aliphatic heterocycles. The molecule has 0 aliphatic rings. The van der Waals surface area contributed by atoms with E-state index in [0.29, 0.717) is 0 Å². The van der Waals surface area contributed by atoms with Crippen LogP contribution in [-0.4, -0.2) is 24.7 Å². The standard InChI is InChI=1S/C31H26F2N2Se/c1-3-34-29(25-9-5-21(6-10-25)23-13-17-27(32)18-14-23)30(35(4-2)31(34)36)26-11-7-22(8-12-26)24-15-19-28(33)20-16-24/h5-20H,3-4H2,1-2H3. The molecule has 0 saturated carbocycles. The van der Waals surface area contributed by atoms with Gasteiger partial charge in [0.1, 0.15) is 0 Å². The van der Waals surface area contributed by atoms with Crippen LogP contribution in [-0.2, 0) is 13.1 Å². The van der Waals surface area contributed by atoms with Gasteiger partial charge in [-0.3, -0.25) is 0 Å². The molecule has 0 aliphatic carbocycles. The predicted octanol–water partition coefficient (Wildman–Crippen LogP) is 7.98. The number of hydrogen-bond acceptors (Lipinski definition) is 0. The zero-order valence-electron chi connectivity index (χ0n) is 20.2. The van der Waals surface area contributed by atoms with Gasteiger partial charge in [0.25, 0.3) is 0 Å². The van der Waals surface area contributed by atoms with Gasteiger partial charge in [-0.1, -0.05) is 0 Å². The Hall–Kier alpha value is -3.53. The fourth-order valence-electron chi connectivity index (χ4n) is 4.69. The summed E-state index contributed by atoms with van der Waals surface area (Å²) in [4.78, 5) is 0. The van der Waals surface area contributed by atoms with Crippen LogP contribution in [0.5, 0.6) is 0 Å². The molecule has 0 radical (unpaired) electrons. The summed E-state index contributed by atoms with van der Waals surface area (Å²) in [5, 5.41) is 0. The van der Waals surface area contributed by atoms with Gasteiger partial charge < -0.3 is 0 Å². The number of hydrogen-bond donors (Lipinski definition) is 0. The molecule has 0 bridgehead atoms. The molecule has 5 heteroatoms. The number of halogens is 2. The second kappa shape index (κ2) is 10.2. The normalized spacial score (nSPS) is 11.1. The van der Waals surface area contributed by atoms with Crippen LogP contribution < -0.4 is 0 Å². The molecule has 2 nitrogen and oxygen atoms in total. The van der Waals surface area contributed by atoms with E-state index in [1.165, 1.54) is 24.3 Å². The van der Waals surface area contributed by atoms with E-state index in [-0.39, 0.29) is 11.6 Å².